The summed E-state index contributed by atoms with van der Waals surface area (Å²) >= 11 is 0. The summed E-state index contributed by atoms with van der Waals surface area (Å²) in [6.45, 7) is 4.94. The fourth-order valence-electron chi connectivity index (χ4n) is 2.17. The van der Waals surface area contributed by atoms with Gasteiger partial charge in [-0.25, -0.2) is 0 Å². The Balaban J connectivity index is 0.00000441. The lowest BCUT2D eigenvalue weighted by atomic mass is 10.0. The molecule has 0 aliphatic rings. The normalized spacial score (nSPS) is 12.8. The Kier molecular flexibility index (Phi) is 10.2. The van der Waals surface area contributed by atoms with Gasteiger partial charge in [0.15, 0.2) is 5.96 Å². The van der Waals surface area contributed by atoms with Crippen LogP contribution in [0.15, 0.2) is 29.3 Å². The molecule has 0 heterocycles. The number of nitrogens with one attached hydrogen (secondary N) is 2. The zero-order valence-electron chi connectivity index (χ0n) is 14.4. The molecule has 1 aromatic rings. The third-order valence-electron chi connectivity index (χ3n) is 3.23. The van der Waals surface area contributed by atoms with Crippen molar-refractivity contribution in [1.29, 1.82) is 0 Å². The van der Waals surface area contributed by atoms with Crippen LogP contribution in [0.25, 0.3) is 0 Å². The summed E-state index contributed by atoms with van der Waals surface area (Å²) in [6, 6.07) is 8.67. The van der Waals surface area contributed by atoms with Crippen LogP contribution in [0.5, 0.6) is 5.75 Å². The van der Waals surface area contributed by atoms with E-state index in [0.717, 1.165) is 23.8 Å². The van der Waals surface area contributed by atoms with Gasteiger partial charge in [0.1, 0.15) is 5.75 Å². The number of para-hydroxylation sites is 1. The molecule has 2 N–H and O–H groups in total. The van der Waals surface area contributed by atoms with Crippen LogP contribution >= 0.6 is 24.0 Å². The molecule has 0 fully saturated rings. The van der Waals surface area contributed by atoms with E-state index in [9.17, 15) is 0 Å². The molecule has 6 heteroatoms. The van der Waals surface area contributed by atoms with Crippen molar-refractivity contribution in [2.75, 3.05) is 34.8 Å². The Morgan fingerprint density at radius 2 is 1.91 bits per heavy atom. The predicted octanol–water partition coefficient (Wildman–Crippen LogP) is 2.49. The van der Waals surface area contributed by atoms with Crippen molar-refractivity contribution in [1.82, 2.24) is 15.5 Å². The van der Waals surface area contributed by atoms with E-state index >= 15 is 0 Å². The lowest BCUT2D eigenvalue weighted by Crippen LogP contribution is -2.44. The number of ether oxygens (including phenoxy) is 1. The molecule has 0 saturated carbocycles. The first-order chi connectivity index (χ1) is 9.99. The van der Waals surface area contributed by atoms with Crippen LogP contribution in [0.1, 0.15) is 25.5 Å². The first kappa shape index (κ1) is 21.0. The van der Waals surface area contributed by atoms with Gasteiger partial charge >= 0.3 is 0 Å². The van der Waals surface area contributed by atoms with Gasteiger partial charge in [0.05, 0.1) is 13.2 Å². The second-order valence-electron chi connectivity index (χ2n) is 5.47. The highest BCUT2D eigenvalue weighted by Gasteiger charge is 2.18. The highest BCUT2D eigenvalue weighted by atomic mass is 127. The topological polar surface area (TPSA) is 48.9 Å². The van der Waals surface area contributed by atoms with Crippen molar-refractivity contribution in [2.24, 2.45) is 4.99 Å². The molecule has 1 atom stereocenters. The molecule has 0 aromatic heterocycles. The molecule has 1 unspecified atom stereocenters. The summed E-state index contributed by atoms with van der Waals surface area (Å²) in [5, 5.41) is 6.67. The van der Waals surface area contributed by atoms with Gasteiger partial charge in [-0.15, -0.1) is 24.0 Å². The number of likely N-dealkylation sites (N-methyl/N-ethyl adjacent to an activating group) is 1. The largest absolute Gasteiger partial charge is 0.496 e. The van der Waals surface area contributed by atoms with Gasteiger partial charge in [-0.2, -0.15) is 0 Å². The van der Waals surface area contributed by atoms with E-state index in [2.05, 4.69) is 54.5 Å². The Hall–Kier alpha value is -1.02. The fourth-order valence-corrected chi connectivity index (χ4v) is 2.17. The first-order valence-electron chi connectivity index (χ1n) is 7.26. The lowest BCUT2D eigenvalue weighted by Gasteiger charge is -2.27. The van der Waals surface area contributed by atoms with Crippen LogP contribution in [0.2, 0.25) is 0 Å². The fraction of sp³-hybridized carbons (Fsp3) is 0.562. The maximum Gasteiger partial charge on any atom is 0.191 e. The van der Waals surface area contributed by atoms with Crippen LogP contribution in [-0.4, -0.2) is 51.7 Å². The summed E-state index contributed by atoms with van der Waals surface area (Å²) in [7, 11) is 7.62. The Labute approximate surface area is 151 Å². The van der Waals surface area contributed by atoms with Crippen LogP contribution in [0, 0.1) is 0 Å². The summed E-state index contributed by atoms with van der Waals surface area (Å²) in [4.78, 5) is 6.41. The predicted molar refractivity (Wildman–Crippen MR) is 104 cm³/mol. The van der Waals surface area contributed by atoms with Crippen molar-refractivity contribution >= 4 is 29.9 Å². The van der Waals surface area contributed by atoms with E-state index in [0.29, 0.717) is 6.04 Å². The van der Waals surface area contributed by atoms with Gasteiger partial charge in [-0.3, -0.25) is 4.99 Å². The van der Waals surface area contributed by atoms with Crippen molar-refractivity contribution in [3.05, 3.63) is 29.8 Å². The third-order valence-corrected chi connectivity index (χ3v) is 3.23. The molecule has 126 valence electrons. The molecule has 0 amide bonds. The van der Waals surface area contributed by atoms with Crippen LogP contribution in [-0.2, 0) is 0 Å². The number of rotatable bonds is 6. The highest BCUT2D eigenvalue weighted by Crippen LogP contribution is 2.27. The van der Waals surface area contributed by atoms with Gasteiger partial charge in [-0.05, 0) is 34.0 Å². The standard InChI is InChI=1S/C16H28N4O.HI/c1-12(2)19-16(17-3)18-11-14(20(4)5)13-9-7-8-10-15(13)21-6;/h7-10,12,14H,11H2,1-6H3,(H2,17,18,19);1H. The molecule has 1 aromatic carbocycles. The zero-order valence-corrected chi connectivity index (χ0v) is 16.7. The molecule has 0 aliphatic heterocycles. The maximum atomic E-state index is 5.47. The molecule has 22 heavy (non-hydrogen) atoms. The van der Waals surface area contributed by atoms with Crippen LogP contribution in [0.4, 0.5) is 0 Å². The van der Waals surface area contributed by atoms with Crippen molar-refractivity contribution in [3.63, 3.8) is 0 Å². The van der Waals surface area contributed by atoms with Crippen molar-refractivity contribution < 1.29 is 4.74 Å². The number of methoxy groups -OCH3 is 1. The van der Waals surface area contributed by atoms with E-state index < -0.39 is 0 Å². The average Bonchev–Trinajstić information content (AvgIpc) is 2.45. The van der Waals surface area contributed by atoms with Gasteiger partial charge in [-0.1, -0.05) is 18.2 Å². The molecular formula is C16H29IN4O. The maximum absolute atomic E-state index is 5.47. The molecule has 0 spiro atoms. The number of guanidine groups is 1. The van der Waals surface area contributed by atoms with E-state index in [1.165, 1.54) is 0 Å². The molecule has 0 radical (unpaired) electrons. The first-order valence-corrected chi connectivity index (χ1v) is 7.26. The summed E-state index contributed by atoms with van der Waals surface area (Å²) in [6.07, 6.45) is 0. The van der Waals surface area contributed by atoms with E-state index in [-0.39, 0.29) is 30.0 Å². The molecule has 5 nitrogen and oxygen atoms in total. The highest BCUT2D eigenvalue weighted by molar-refractivity contribution is 14.0. The molecule has 0 saturated heterocycles. The number of hydrogen-bond acceptors (Lipinski definition) is 3. The number of hydrogen-bond donors (Lipinski definition) is 2. The monoisotopic (exact) mass is 420 g/mol. The molecule has 0 aliphatic carbocycles. The number of benzene rings is 1. The summed E-state index contributed by atoms with van der Waals surface area (Å²) in [5.41, 5.74) is 1.16. The quantitative estimate of drug-likeness (QED) is 0.422. The van der Waals surface area contributed by atoms with Crippen LogP contribution in [0.3, 0.4) is 0 Å². The van der Waals surface area contributed by atoms with Gasteiger partial charge in [0.2, 0.25) is 0 Å². The average molecular weight is 420 g/mol. The smallest absolute Gasteiger partial charge is 0.191 e. The van der Waals surface area contributed by atoms with E-state index in [1.807, 2.05) is 18.2 Å². The Morgan fingerprint density at radius 3 is 2.41 bits per heavy atom. The summed E-state index contributed by atoms with van der Waals surface area (Å²) in [5.74, 6) is 1.72. The SMILES string of the molecule is CN=C(NCC(c1ccccc1OC)N(C)C)NC(C)C.I. The van der Waals surface area contributed by atoms with E-state index in [4.69, 9.17) is 4.74 Å². The number of nitrogens with zero attached hydrogens (tertiary/aromatic N) is 2. The lowest BCUT2D eigenvalue weighted by molar-refractivity contribution is 0.287. The second-order valence-corrected chi connectivity index (χ2v) is 5.47. The van der Waals surface area contributed by atoms with Crippen molar-refractivity contribution in [2.45, 2.75) is 25.9 Å². The van der Waals surface area contributed by atoms with Gasteiger partial charge in [0.25, 0.3) is 0 Å². The minimum absolute atomic E-state index is 0. The minimum atomic E-state index is 0. The Bertz CT molecular complexity index is 463. The third kappa shape index (κ3) is 6.39. The summed E-state index contributed by atoms with van der Waals surface area (Å²) < 4.78 is 5.47. The zero-order chi connectivity index (χ0) is 15.8. The number of aliphatic imine (C=N–C) groups is 1. The number of halogens is 1. The van der Waals surface area contributed by atoms with Crippen molar-refractivity contribution in [3.8, 4) is 5.75 Å². The van der Waals surface area contributed by atoms with Gasteiger partial charge < -0.3 is 20.3 Å². The molecular weight excluding hydrogens is 391 g/mol. The molecule has 0 bridgehead atoms. The Morgan fingerprint density at radius 1 is 1.27 bits per heavy atom. The van der Waals surface area contributed by atoms with Crippen LogP contribution < -0.4 is 15.4 Å². The van der Waals surface area contributed by atoms with E-state index in [1.54, 1.807) is 14.2 Å². The minimum Gasteiger partial charge on any atom is -0.496 e. The van der Waals surface area contributed by atoms with Gasteiger partial charge in [0, 0.05) is 25.2 Å². The second kappa shape index (κ2) is 10.7. The molecule has 1 rings (SSSR count).